The molecule has 1 aliphatic heterocycles. The fourth-order valence-corrected chi connectivity index (χ4v) is 3.49. The van der Waals surface area contributed by atoms with E-state index in [-0.39, 0.29) is 15.3 Å². The number of aliphatic carboxylic acids is 1. The van der Waals surface area contributed by atoms with Gasteiger partial charge in [0, 0.05) is 23.5 Å². The van der Waals surface area contributed by atoms with Gasteiger partial charge in [-0.2, -0.15) is 0 Å². The largest absolute Gasteiger partial charge is 0.481 e. The van der Waals surface area contributed by atoms with Crippen molar-refractivity contribution in [3.63, 3.8) is 0 Å². The second-order valence-corrected chi connectivity index (χ2v) is 8.85. The molecule has 1 aromatic rings. The van der Waals surface area contributed by atoms with Crippen molar-refractivity contribution < 1.29 is 23.5 Å². The van der Waals surface area contributed by atoms with Gasteiger partial charge in [0.25, 0.3) is 0 Å². The van der Waals surface area contributed by atoms with Crippen LogP contribution < -0.4 is 5.32 Å². The lowest BCUT2D eigenvalue weighted by Gasteiger charge is -2.30. The molecule has 1 aromatic carbocycles. The van der Waals surface area contributed by atoms with Crippen molar-refractivity contribution >= 4 is 29.4 Å². The summed E-state index contributed by atoms with van der Waals surface area (Å²) in [5.74, 6) is -2.76. The van der Waals surface area contributed by atoms with E-state index in [2.05, 4.69) is 5.32 Å². The van der Waals surface area contributed by atoms with Gasteiger partial charge in [-0.25, -0.2) is 13.6 Å². The van der Waals surface area contributed by atoms with Crippen LogP contribution in [-0.2, 0) is 4.79 Å². The van der Waals surface area contributed by atoms with Crippen molar-refractivity contribution in [3.8, 4) is 0 Å². The van der Waals surface area contributed by atoms with Crippen LogP contribution in [0.1, 0.15) is 33.6 Å². The molecule has 25 heavy (non-hydrogen) atoms. The van der Waals surface area contributed by atoms with Crippen LogP contribution in [0.5, 0.6) is 0 Å². The standard InChI is InChI=1S/C17H22F2N2O3S/c1-17(2,3)25-14-12(18)8-11(9-13(14)19)20-16(24)21-6-4-10(5-7-21)15(22)23/h8-10H,4-7H2,1-3H3,(H,20,24)(H,22,23). The van der Waals surface area contributed by atoms with Gasteiger partial charge in [0.1, 0.15) is 11.6 Å². The third kappa shape index (κ3) is 5.32. The maximum atomic E-state index is 14.2. The van der Waals surface area contributed by atoms with Gasteiger partial charge in [0.05, 0.1) is 10.8 Å². The molecule has 1 heterocycles. The van der Waals surface area contributed by atoms with E-state index in [1.807, 2.05) is 20.8 Å². The van der Waals surface area contributed by atoms with Gasteiger partial charge in [-0.1, -0.05) is 20.8 Å². The van der Waals surface area contributed by atoms with E-state index in [1.165, 1.54) is 4.90 Å². The average Bonchev–Trinajstić information content (AvgIpc) is 2.50. The van der Waals surface area contributed by atoms with Crippen molar-refractivity contribution in [2.45, 2.75) is 43.3 Å². The number of urea groups is 1. The molecule has 2 rings (SSSR count). The number of carbonyl (C=O) groups excluding carboxylic acids is 1. The normalized spacial score (nSPS) is 16.0. The first-order valence-electron chi connectivity index (χ1n) is 8.03. The van der Waals surface area contributed by atoms with Crippen molar-refractivity contribution in [2.75, 3.05) is 18.4 Å². The molecule has 0 aliphatic carbocycles. The Hall–Kier alpha value is -1.83. The second kappa shape index (κ2) is 7.59. The second-order valence-electron chi connectivity index (χ2n) is 7.01. The predicted octanol–water partition coefficient (Wildman–Crippen LogP) is 4.18. The van der Waals surface area contributed by atoms with Crippen molar-refractivity contribution in [1.29, 1.82) is 0 Å². The number of nitrogens with one attached hydrogen (secondary N) is 1. The van der Waals surface area contributed by atoms with Crippen LogP contribution in [0.2, 0.25) is 0 Å². The zero-order valence-electron chi connectivity index (χ0n) is 14.4. The number of halogens is 2. The Labute approximate surface area is 149 Å². The van der Waals surface area contributed by atoms with E-state index < -0.39 is 29.6 Å². The molecule has 0 aromatic heterocycles. The van der Waals surface area contributed by atoms with E-state index in [9.17, 15) is 18.4 Å². The Morgan fingerprint density at radius 3 is 2.16 bits per heavy atom. The third-order valence-electron chi connectivity index (χ3n) is 3.79. The first-order valence-corrected chi connectivity index (χ1v) is 8.85. The van der Waals surface area contributed by atoms with Crippen LogP contribution in [0.3, 0.4) is 0 Å². The smallest absolute Gasteiger partial charge is 0.321 e. The van der Waals surface area contributed by atoms with Gasteiger partial charge < -0.3 is 15.3 Å². The number of rotatable bonds is 3. The monoisotopic (exact) mass is 372 g/mol. The molecule has 138 valence electrons. The number of carboxylic acid groups (broad SMARTS) is 1. The van der Waals surface area contributed by atoms with Gasteiger partial charge >= 0.3 is 12.0 Å². The number of piperidine rings is 1. The predicted molar refractivity (Wildman–Crippen MR) is 92.9 cm³/mol. The Morgan fingerprint density at radius 1 is 1.20 bits per heavy atom. The number of likely N-dealkylation sites (tertiary alicyclic amines) is 1. The topological polar surface area (TPSA) is 69.6 Å². The average molecular weight is 372 g/mol. The third-order valence-corrected chi connectivity index (χ3v) is 5.00. The summed E-state index contributed by atoms with van der Waals surface area (Å²) < 4.78 is 28.0. The van der Waals surface area contributed by atoms with E-state index in [0.717, 1.165) is 23.9 Å². The van der Waals surface area contributed by atoms with Crippen molar-refractivity contribution in [3.05, 3.63) is 23.8 Å². The fraction of sp³-hybridized carbons (Fsp3) is 0.529. The summed E-state index contributed by atoms with van der Waals surface area (Å²) >= 11 is 1.08. The summed E-state index contributed by atoms with van der Waals surface area (Å²) in [6.07, 6.45) is 0.735. The Balaban J connectivity index is 2.03. The quantitative estimate of drug-likeness (QED) is 0.781. The fourth-order valence-electron chi connectivity index (χ4n) is 2.57. The molecule has 8 heteroatoms. The summed E-state index contributed by atoms with van der Waals surface area (Å²) in [5, 5.41) is 11.4. The van der Waals surface area contributed by atoms with Gasteiger partial charge in [0.15, 0.2) is 0 Å². The van der Waals surface area contributed by atoms with Gasteiger partial charge in [-0.15, -0.1) is 11.8 Å². The summed E-state index contributed by atoms with van der Waals surface area (Å²) in [4.78, 5) is 24.5. The van der Waals surface area contributed by atoms with E-state index in [4.69, 9.17) is 5.11 Å². The van der Waals surface area contributed by atoms with Gasteiger partial charge in [0.2, 0.25) is 0 Å². The minimum atomic E-state index is -0.865. The first-order chi connectivity index (χ1) is 11.6. The van der Waals surface area contributed by atoms with Crippen molar-refractivity contribution in [1.82, 2.24) is 4.90 Å². The zero-order chi connectivity index (χ0) is 18.8. The first kappa shape index (κ1) is 19.5. The molecule has 5 nitrogen and oxygen atoms in total. The van der Waals surface area contributed by atoms with Crippen molar-refractivity contribution in [2.24, 2.45) is 5.92 Å². The number of benzene rings is 1. The summed E-state index contributed by atoms with van der Waals surface area (Å²) in [7, 11) is 0. The Morgan fingerprint density at radius 2 is 1.72 bits per heavy atom. The number of hydrogen-bond donors (Lipinski definition) is 2. The number of nitrogens with zero attached hydrogens (tertiary/aromatic N) is 1. The van der Waals surface area contributed by atoms with Crippen LogP contribution in [0.4, 0.5) is 19.3 Å². The van der Waals surface area contributed by atoms with Crippen LogP contribution in [0, 0.1) is 17.6 Å². The molecule has 0 spiro atoms. The van der Waals surface area contributed by atoms with E-state index >= 15 is 0 Å². The number of carboxylic acids is 1. The molecule has 0 radical (unpaired) electrons. The molecule has 0 unspecified atom stereocenters. The maximum absolute atomic E-state index is 14.2. The minimum Gasteiger partial charge on any atom is -0.481 e. The summed E-state index contributed by atoms with van der Waals surface area (Å²) in [6.45, 7) is 6.16. The maximum Gasteiger partial charge on any atom is 0.321 e. The number of amides is 2. The SMILES string of the molecule is CC(C)(C)Sc1c(F)cc(NC(=O)N2CCC(C(=O)O)CC2)cc1F. The molecule has 1 saturated heterocycles. The molecular formula is C17H22F2N2O3S. The highest BCUT2D eigenvalue weighted by molar-refractivity contribution is 8.00. The zero-order valence-corrected chi connectivity index (χ0v) is 15.3. The van der Waals surface area contributed by atoms with Crippen LogP contribution in [0.25, 0.3) is 0 Å². The highest BCUT2D eigenvalue weighted by Gasteiger charge is 2.27. The van der Waals surface area contributed by atoms with E-state index in [1.54, 1.807) is 0 Å². The Kier molecular flexibility index (Phi) is 5.92. The summed E-state index contributed by atoms with van der Waals surface area (Å²) in [5.41, 5.74) is 0.0404. The van der Waals surface area contributed by atoms with Crippen LogP contribution in [-0.4, -0.2) is 39.8 Å². The van der Waals surface area contributed by atoms with Crippen LogP contribution in [0.15, 0.2) is 17.0 Å². The molecular weight excluding hydrogens is 350 g/mol. The lowest BCUT2D eigenvalue weighted by atomic mass is 9.97. The lowest BCUT2D eigenvalue weighted by molar-refractivity contribution is -0.143. The highest BCUT2D eigenvalue weighted by Crippen LogP contribution is 2.36. The molecule has 0 atom stereocenters. The number of anilines is 1. The summed E-state index contributed by atoms with van der Waals surface area (Å²) in [6, 6.07) is 1.71. The number of hydrogen-bond acceptors (Lipinski definition) is 3. The van der Waals surface area contributed by atoms with Gasteiger partial charge in [-0.3, -0.25) is 4.79 Å². The minimum absolute atomic E-state index is 0.0404. The molecule has 2 amide bonds. The lowest BCUT2D eigenvalue weighted by Crippen LogP contribution is -2.42. The van der Waals surface area contributed by atoms with Gasteiger partial charge in [-0.05, 0) is 25.0 Å². The van der Waals surface area contributed by atoms with Crippen LogP contribution >= 0.6 is 11.8 Å². The molecule has 1 fully saturated rings. The highest BCUT2D eigenvalue weighted by atomic mass is 32.2. The number of carbonyl (C=O) groups is 2. The van der Waals surface area contributed by atoms with E-state index in [0.29, 0.717) is 25.9 Å². The molecule has 1 aliphatic rings. The molecule has 2 N–H and O–H groups in total. The molecule has 0 saturated carbocycles. The Bertz CT molecular complexity index is 645. The number of thioether (sulfide) groups is 1. The molecule has 0 bridgehead atoms.